The zero-order valence-corrected chi connectivity index (χ0v) is 18.3. The second kappa shape index (κ2) is 8.01. The fourth-order valence-electron chi connectivity index (χ4n) is 3.43. The highest BCUT2D eigenvalue weighted by atomic mass is 35.5. The van der Waals surface area contributed by atoms with Gasteiger partial charge in [0.15, 0.2) is 6.61 Å². The lowest BCUT2D eigenvalue weighted by molar-refractivity contribution is -0.153. The summed E-state index contributed by atoms with van der Waals surface area (Å²) in [6, 6.07) is 4.36. The van der Waals surface area contributed by atoms with E-state index >= 15 is 0 Å². The molecule has 1 aliphatic rings. The number of carbonyl (C=O) groups excluding carboxylic acids is 1. The third-order valence-corrected chi connectivity index (χ3v) is 6.40. The van der Waals surface area contributed by atoms with E-state index in [1.165, 1.54) is 23.5 Å². The number of ether oxygens (including phenoxy) is 1. The molecular weight excluding hydrogens is 441 g/mol. The maximum absolute atomic E-state index is 12.7. The zero-order chi connectivity index (χ0) is 22.3. The predicted molar refractivity (Wildman–Crippen MR) is 108 cm³/mol. The molecule has 164 valence electrons. The molecule has 1 heterocycles. The van der Waals surface area contributed by atoms with E-state index in [1.807, 2.05) is 6.92 Å². The number of aryl methyl sites for hydroxylation is 2. The van der Waals surface area contributed by atoms with Crippen molar-refractivity contribution in [2.24, 2.45) is 0 Å². The molecule has 30 heavy (non-hydrogen) atoms. The van der Waals surface area contributed by atoms with E-state index in [0.717, 1.165) is 5.01 Å². The lowest BCUT2D eigenvalue weighted by Crippen LogP contribution is -2.39. The molecule has 0 spiro atoms. The fraction of sp³-hybridized carbons (Fsp3) is 0.500. The van der Waals surface area contributed by atoms with Crippen LogP contribution in [0.3, 0.4) is 0 Å². The summed E-state index contributed by atoms with van der Waals surface area (Å²) < 4.78 is 42.1. The van der Waals surface area contributed by atoms with Crippen molar-refractivity contribution in [2.75, 3.05) is 6.61 Å². The summed E-state index contributed by atoms with van der Waals surface area (Å²) in [5.41, 5.74) is -0.860. The predicted octanol–water partition coefficient (Wildman–Crippen LogP) is 4.76. The number of hydrogen-bond acceptors (Lipinski definition) is 5. The summed E-state index contributed by atoms with van der Waals surface area (Å²) in [7, 11) is 0. The van der Waals surface area contributed by atoms with Crippen LogP contribution in [0.15, 0.2) is 18.2 Å². The maximum Gasteiger partial charge on any atom is 0.422 e. The van der Waals surface area contributed by atoms with E-state index in [1.54, 1.807) is 19.9 Å². The Bertz CT molecular complexity index is 955. The molecule has 2 aromatic rings. The number of carbonyl (C=O) groups is 1. The summed E-state index contributed by atoms with van der Waals surface area (Å²) in [6.07, 6.45) is -3.42. The minimum Gasteiger partial charge on any atom is -0.484 e. The van der Waals surface area contributed by atoms with Crippen LogP contribution in [0.2, 0.25) is 5.02 Å². The highest BCUT2D eigenvalue weighted by molar-refractivity contribution is 7.11. The van der Waals surface area contributed by atoms with Gasteiger partial charge in [0, 0.05) is 5.02 Å². The fourth-order valence-corrected chi connectivity index (χ4v) is 4.62. The van der Waals surface area contributed by atoms with Gasteiger partial charge in [0.05, 0.1) is 27.5 Å². The van der Waals surface area contributed by atoms with Gasteiger partial charge >= 0.3 is 6.18 Å². The Balaban J connectivity index is 1.73. The Morgan fingerprint density at radius 1 is 1.33 bits per heavy atom. The first-order chi connectivity index (χ1) is 13.8. The SMILES string of the molecule is Cc1nc(C)c(C(C)(O)CC(=O)NC2(c3cc(Cl)cc(OCC(F)(F)F)c3)CC2)s1. The van der Waals surface area contributed by atoms with Crippen molar-refractivity contribution in [3.8, 4) is 5.75 Å². The largest absolute Gasteiger partial charge is 0.484 e. The molecule has 1 aromatic heterocycles. The van der Waals surface area contributed by atoms with Crippen LogP contribution < -0.4 is 10.1 Å². The zero-order valence-electron chi connectivity index (χ0n) is 16.7. The lowest BCUT2D eigenvalue weighted by atomic mass is 9.97. The highest BCUT2D eigenvalue weighted by Gasteiger charge is 2.47. The lowest BCUT2D eigenvalue weighted by Gasteiger charge is -2.25. The van der Waals surface area contributed by atoms with Crippen molar-refractivity contribution < 1.29 is 27.8 Å². The molecule has 0 saturated heterocycles. The molecule has 0 radical (unpaired) electrons. The Morgan fingerprint density at radius 2 is 2.00 bits per heavy atom. The molecule has 0 bridgehead atoms. The number of thiazole rings is 1. The number of halogens is 4. The molecule has 1 atom stereocenters. The molecule has 5 nitrogen and oxygen atoms in total. The average molecular weight is 463 g/mol. The van der Waals surface area contributed by atoms with E-state index < -0.39 is 23.9 Å². The van der Waals surface area contributed by atoms with Gasteiger partial charge in [0.1, 0.15) is 11.4 Å². The number of benzene rings is 1. The quantitative estimate of drug-likeness (QED) is 0.622. The Labute approximate surface area is 181 Å². The standard InChI is InChI=1S/C20H22ClF3N2O3S/c1-11-17(30-12(2)25-11)18(3,28)9-16(27)26-19(4-5-19)13-6-14(21)8-15(7-13)29-10-20(22,23)24/h6-8,28H,4-5,9-10H2,1-3H3,(H,26,27). The Kier molecular flexibility index (Phi) is 6.10. The second-order valence-corrected chi connectivity index (χ2v) is 9.45. The number of nitrogens with one attached hydrogen (secondary N) is 1. The molecule has 1 unspecified atom stereocenters. The first-order valence-corrected chi connectivity index (χ1v) is 10.5. The van der Waals surface area contributed by atoms with E-state index in [-0.39, 0.29) is 23.1 Å². The molecule has 1 aromatic carbocycles. The smallest absolute Gasteiger partial charge is 0.422 e. The van der Waals surface area contributed by atoms with Crippen LogP contribution in [0.1, 0.15) is 47.3 Å². The third-order valence-electron chi connectivity index (χ3n) is 4.85. The van der Waals surface area contributed by atoms with Gasteiger partial charge in [0.25, 0.3) is 0 Å². The molecule has 1 aliphatic carbocycles. The van der Waals surface area contributed by atoms with Gasteiger partial charge < -0.3 is 15.2 Å². The first kappa shape index (κ1) is 22.8. The normalized spacial score (nSPS) is 17.3. The molecule has 1 amide bonds. The number of amides is 1. The van der Waals surface area contributed by atoms with E-state index in [9.17, 15) is 23.1 Å². The summed E-state index contributed by atoms with van der Waals surface area (Å²) in [6.45, 7) is 3.74. The molecule has 1 fully saturated rings. The van der Waals surface area contributed by atoms with Crippen molar-refractivity contribution in [3.63, 3.8) is 0 Å². The van der Waals surface area contributed by atoms with Crippen molar-refractivity contribution in [1.29, 1.82) is 0 Å². The van der Waals surface area contributed by atoms with Crippen LogP contribution in [0, 0.1) is 13.8 Å². The minimum absolute atomic E-state index is 0.0156. The molecule has 10 heteroatoms. The summed E-state index contributed by atoms with van der Waals surface area (Å²) >= 11 is 7.39. The summed E-state index contributed by atoms with van der Waals surface area (Å²) in [5, 5.41) is 14.8. The second-order valence-electron chi connectivity index (χ2n) is 7.81. The molecule has 2 N–H and O–H groups in total. The van der Waals surface area contributed by atoms with Gasteiger partial charge in [-0.3, -0.25) is 4.79 Å². The average Bonchev–Trinajstić information content (AvgIpc) is 3.28. The van der Waals surface area contributed by atoms with Crippen molar-refractivity contribution in [3.05, 3.63) is 44.4 Å². The highest BCUT2D eigenvalue weighted by Crippen LogP contribution is 2.47. The van der Waals surface area contributed by atoms with Crippen LogP contribution in [-0.4, -0.2) is 28.8 Å². The van der Waals surface area contributed by atoms with E-state index in [4.69, 9.17) is 16.3 Å². The number of hydrogen-bond donors (Lipinski definition) is 2. The molecule has 0 aliphatic heterocycles. The van der Waals surface area contributed by atoms with Gasteiger partial charge in [-0.1, -0.05) is 11.6 Å². The van der Waals surface area contributed by atoms with Gasteiger partial charge in [-0.25, -0.2) is 4.98 Å². The number of rotatable bonds is 7. The van der Waals surface area contributed by atoms with Gasteiger partial charge in [0.2, 0.25) is 5.91 Å². The number of nitrogens with zero attached hydrogens (tertiary/aromatic N) is 1. The third kappa shape index (κ3) is 5.44. The number of aliphatic hydroxyl groups is 1. The van der Waals surface area contributed by atoms with Gasteiger partial charge in [-0.15, -0.1) is 11.3 Å². The first-order valence-electron chi connectivity index (χ1n) is 9.28. The van der Waals surface area contributed by atoms with Gasteiger partial charge in [-0.05, 0) is 57.4 Å². The monoisotopic (exact) mass is 462 g/mol. The van der Waals surface area contributed by atoms with Gasteiger partial charge in [-0.2, -0.15) is 13.2 Å². The van der Waals surface area contributed by atoms with Crippen LogP contribution in [0.4, 0.5) is 13.2 Å². The van der Waals surface area contributed by atoms with E-state index in [0.29, 0.717) is 29.0 Å². The van der Waals surface area contributed by atoms with Crippen molar-refractivity contribution in [2.45, 2.75) is 57.3 Å². The number of aromatic nitrogens is 1. The summed E-state index contributed by atoms with van der Waals surface area (Å²) in [5.74, 6) is -0.390. The maximum atomic E-state index is 12.7. The molecule has 3 rings (SSSR count). The molecular formula is C20H22ClF3N2O3S. The summed E-state index contributed by atoms with van der Waals surface area (Å²) in [4.78, 5) is 17.6. The Hall–Kier alpha value is -1.84. The van der Waals surface area contributed by atoms with E-state index in [2.05, 4.69) is 10.3 Å². The van der Waals surface area contributed by atoms with Crippen LogP contribution in [0.5, 0.6) is 5.75 Å². The minimum atomic E-state index is -4.47. The molecule has 1 saturated carbocycles. The van der Waals surface area contributed by atoms with Crippen LogP contribution >= 0.6 is 22.9 Å². The van der Waals surface area contributed by atoms with Crippen LogP contribution in [-0.2, 0) is 15.9 Å². The topological polar surface area (TPSA) is 71.5 Å². The van der Waals surface area contributed by atoms with Crippen molar-refractivity contribution in [1.82, 2.24) is 10.3 Å². The number of alkyl halides is 3. The van der Waals surface area contributed by atoms with Crippen molar-refractivity contribution >= 4 is 28.8 Å². The van der Waals surface area contributed by atoms with Crippen LogP contribution in [0.25, 0.3) is 0 Å². The Morgan fingerprint density at radius 3 is 2.53 bits per heavy atom.